The number of rotatable bonds is 2. The van der Waals surface area contributed by atoms with Crippen molar-refractivity contribution in [2.75, 3.05) is 24.7 Å². The van der Waals surface area contributed by atoms with Gasteiger partial charge in [-0.1, -0.05) is 12.1 Å². The highest BCUT2D eigenvalue weighted by molar-refractivity contribution is 5.84. The molecule has 1 amide bonds. The average Bonchev–Trinajstić information content (AvgIpc) is 2.30. The summed E-state index contributed by atoms with van der Waals surface area (Å²) in [4.78, 5) is 13.2. The average molecular weight is 205 g/mol. The van der Waals surface area contributed by atoms with E-state index in [1.807, 2.05) is 29.2 Å². The van der Waals surface area contributed by atoms with Crippen LogP contribution in [0.15, 0.2) is 24.3 Å². The van der Waals surface area contributed by atoms with Crippen molar-refractivity contribution in [1.82, 2.24) is 0 Å². The van der Waals surface area contributed by atoms with Crippen LogP contribution in [0.5, 0.6) is 0 Å². The lowest BCUT2D eigenvalue weighted by Crippen LogP contribution is -2.52. The Hall–Kier alpha value is -1.55. The summed E-state index contributed by atoms with van der Waals surface area (Å²) in [6, 6.07) is 10.1. The molecule has 0 bridgehead atoms. The molecule has 1 aromatic carbocycles. The van der Waals surface area contributed by atoms with Gasteiger partial charge in [0.15, 0.2) is 0 Å². The quantitative estimate of drug-likeness (QED) is 0.749. The van der Waals surface area contributed by atoms with Crippen molar-refractivity contribution >= 4 is 11.6 Å². The second-order valence-corrected chi connectivity index (χ2v) is 3.44. The number of hydrogen-bond acceptors (Lipinski definition) is 3. The summed E-state index contributed by atoms with van der Waals surface area (Å²) in [6.07, 6.45) is 0. The van der Waals surface area contributed by atoms with E-state index in [1.54, 1.807) is 0 Å². The number of primary amides is 1. The lowest BCUT2D eigenvalue weighted by molar-refractivity contribution is -0.121. The van der Waals surface area contributed by atoms with Gasteiger partial charge in [-0.2, -0.15) is 0 Å². The third-order valence-electron chi connectivity index (χ3n) is 2.49. The molecular formula is C11H13N2O2. The topological polar surface area (TPSA) is 55.6 Å². The molecule has 1 unspecified atom stereocenters. The number of nitrogens with zero attached hydrogens (tertiary/aromatic N) is 1. The van der Waals surface area contributed by atoms with Crippen LogP contribution in [0.4, 0.5) is 5.69 Å². The van der Waals surface area contributed by atoms with Gasteiger partial charge in [-0.05, 0) is 18.2 Å². The van der Waals surface area contributed by atoms with E-state index in [-0.39, 0.29) is 11.9 Å². The maximum absolute atomic E-state index is 11.2. The fourth-order valence-corrected chi connectivity index (χ4v) is 1.72. The normalized spacial score (nSPS) is 21.3. The number of nitrogens with two attached hydrogens (primary N) is 1. The molecule has 4 heteroatoms. The Balaban J connectivity index is 2.22. The Morgan fingerprint density at radius 1 is 1.53 bits per heavy atom. The minimum absolute atomic E-state index is 0.345. The molecule has 1 aliphatic heterocycles. The summed E-state index contributed by atoms with van der Waals surface area (Å²) in [5.74, 6) is -0.345. The number of morpholine rings is 1. The number of amides is 1. The molecule has 2 rings (SSSR count). The molecule has 1 heterocycles. The minimum atomic E-state index is -0.360. The zero-order valence-electron chi connectivity index (χ0n) is 8.35. The third-order valence-corrected chi connectivity index (χ3v) is 2.49. The molecule has 79 valence electrons. The highest BCUT2D eigenvalue weighted by Crippen LogP contribution is 2.18. The number of ether oxygens (including phenoxy) is 1. The van der Waals surface area contributed by atoms with E-state index in [0.29, 0.717) is 19.8 Å². The Morgan fingerprint density at radius 2 is 2.27 bits per heavy atom. The van der Waals surface area contributed by atoms with Crippen molar-refractivity contribution in [3.05, 3.63) is 30.3 Å². The van der Waals surface area contributed by atoms with Crippen LogP contribution in [0.25, 0.3) is 0 Å². The van der Waals surface area contributed by atoms with E-state index < -0.39 is 0 Å². The van der Waals surface area contributed by atoms with E-state index in [9.17, 15) is 4.79 Å². The van der Waals surface area contributed by atoms with Crippen molar-refractivity contribution in [3.8, 4) is 0 Å². The smallest absolute Gasteiger partial charge is 0.242 e. The molecule has 0 aliphatic carbocycles. The fraction of sp³-hybridized carbons (Fsp3) is 0.364. The van der Waals surface area contributed by atoms with Gasteiger partial charge in [0.1, 0.15) is 6.04 Å². The van der Waals surface area contributed by atoms with Crippen molar-refractivity contribution in [2.45, 2.75) is 6.04 Å². The highest BCUT2D eigenvalue weighted by Gasteiger charge is 2.27. The molecule has 1 atom stereocenters. The molecule has 1 fully saturated rings. The van der Waals surface area contributed by atoms with Crippen LogP contribution in [0.3, 0.4) is 0 Å². The number of benzene rings is 1. The summed E-state index contributed by atoms with van der Waals surface area (Å²) >= 11 is 0. The Kier molecular flexibility index (Phi) is 2.87. The standard InChI is InChI=1S/C11H13N2O2/c12-11(14)10-8-15-7-6-13(10)9-4-2-1-3-5-9/h2-5,10H,6-8H2,(H2,12,14). The van der Waals surface area contributed by atoms with Gasteiger partial charge in [0.25, 0.3) is 0 Å². The minimum Gasteiger partial charge on any atom is -0.377 e. The van der Waals surface area contributed by atoms with Crippen molar-refractivity contribution in [1.29, 1.82) is 0 Å². The summed E-state index contributed by atoms with van der Waals surface area (Å²) in [6.45, 7) is 1.69. The largest absolute Gasteiger partial charge is 0.377 e. The van der Waals surface area contributed by atoms with E-state index in [1.165, 1.54) is 0 Å². The van der Waals surface area contributed by atoms with Crippen molar-refractivity contribution in [3.63, 3.8) is 0 Å². The van der Waals surface area contributed by atoms with Gasteiger partial charge >= 0.3 is 0 Å². The first-order valence-corrected chi connectivity index (χ1v) is 4.89. The zero-order valence-corrected chi connectivity index (χ0v) is 8.35. The van der Waals surface area contributed by atoms with Gasteiger partial charge in [0.2, 0.25) is 5.91 Å². The number of anilines is 1. The lowest BCUT2D eigenvalue weighted by Gasteiger charge is -2.35. The van der Waals surface area contributed by atoms with E-state index in [0.717, 1.165) is 5.69 Å². The van der Waals surface area contributed by atoms with Crippen LogP contribution in [0.2, 0.25) is 0 Å². The Morgan fingerprint density at radius 3 is 2.93 bits per heavy atom. The van der Waals surface area contributed by atoms with Gasteiger partial charge in [-0.15, -0.1) is 0 Å². The first-order chi connectivity index (χ1) is 7.29. The fourth-order valence-electron chi connectivity index (χ4n) is 1.72. The first-order valence-electron chi connectivity index (χ1n) is 4.89. The van der Waals surface area contributed by atoms with Gasteiger partial charge < -0.3 is 15.4 Å². The third kappa shape index (κ3) is 2.10. The molecule has 2 N–H and O–H groups in total. The van der Waals surface area contributed by atoms with Crippen LogP contribution in [-0.2, 0) is 9.53 Å². The van der Waals surface area contributed by atoms with E-state index >= 15 is 0 Å². The predicted octanol–water partition coefficient (Wildman–Crippen LogP) is 0.177. The first kappa shape index (κ1) is 9.98. The molecule has 4 nitrogen and oxygen atoms in total. The van der Waals surface area contributed by atoms with Crippen LogP contribution < -0.4 is 10.6 Å². The maximum atomic E-state index is 11.2. The predicted molar refractivity (Wildman–Crippen MR) is 56.4 cm³/mol. The zero-order chi connectivity index (χ0) is 10.7. The molecule has 0 saturated carbocycles. The molecule has 15 heavy (non-hydrogen) atoms. The molecule has 0 spiro atoms. The monoisotopic (exact) mass is 205 g/mol. The molecule has 1 aliphatic rings. The summed E-state index contributed by atoms with van der Waals surface area (Å²) in [5, 5.41) is 0. The molecular weight excluding hydrogens is 192 g/mol. The van der Waals surface area contributed by atoms with Gasteiger partial charge in [0.05, 0.1) is 13.2 Å². The lowest BCUT2D eigenvalue weighted by atomic mass is 10.2. The van der Waals surface area contributed by atoms with Gasteiger partial charge in [-0.25, -0.2) is 0 Å². The summed E-state index contributed by atoms with van der Waals surface area (Å²) < 4.78 is 5.24. The molecule has 1 radical (unpaired) electrons. The van der Waals surface area contributed by atoms with Crippen molar-refractivity contribution < 1.29 is 9.53 Å². The molecule has 1 aromatic rings. The molecule has 1 saturated heterocycles. The summed E-state index contributed by atoms with van der Waals surface area (Å²) in [5.41, 5.74) is 6.31. The second-order valence-electron chi connectivity index (χ2n) is 3.44. The summed E-state index contributed by atoms with van der Waals surface area (Å²) in [7, 11) is 0. The number of carbonyl (C=O) groups excluding carboxylic acids is 1. The second kappa shape index (κ2) is 4.31. The molecule has 0 aromatic heterocycles. The van der Waals surface area contributed by atoms with Gasteiger partial charge in [-0.3, -0.25) is 4.79 Å². The van der Waals surface area contributed by atoms with Gasteiger partial charge in [0, 0.05) is 12.2 Å². The van der Waals surface area contributed by atoms with Crippen LogP contribution >= 0.6 is 0 Å². The number of carbonyl (C=O) groups is 1. The highest BCUT2D eigenvalue weighted by atomic mass is 16.5. The maximum Gasteiger partial charge on any atom is 0.242 e. The van der Waals surface area contributed by atoms with Crippen LogP contribution in [0.1, 0.15) is 0 Å². The Bertz CT molecular complexity index is 340. The number of hydrogen-bond donors (Lipinski definition) is 1. The van der Waals surface area contributed by atoms with Crippen molar-refractivity contribution in [2.24, 2.45) is 5.73 Å². The van der Waals surface area contributed by atoms with Crippen LogP contribution in [-0.4, -0.2) is 31.7 Å². The van der Waals surface area contributed by atoms with E-state index in [4.69, 9.17) is 10.5 Å². The SMILES string of the molecule is NC(=O)C1COCCN1c1cc[c]cc1. The van der Waals surface area contributed by atoms with E-state index in [2.05, 4.69) is 6.07 Å². The van der Waals surface area contributed by atoms with Crippen LogP contribution in [0, 0.1) is 6.07 Å². The Labute approximate surface area is 88.6 Å².